The van der Waals surface area contributed by atoms with E-state index in [1.807, 2.05) is 0 Å². The van der Waals surface area contributed by atoms with Crippen molar-refractivity contribution in [1.82, 2.24) is 0 Å². The minimum atomic E-state index is 0.682. The second kappa shape index (κ2) is 16.4. The second-order valence-corrected chi connectivity index (χ2v) is 14.9. The third-order valence-electron chi connectivity index (χ3n) is 11.3. The first kappa shape index (κ1) is 35.1. The van der Waals surface area contributed by atoms with Gasteiger partial charge in [0.2, 0.25) is 0 Å². The summed E-state index contributed by atoms with van der Waals surface area (Å²) >= 11 is 0. The van der Waals surface area contributed by atoms with Gasteiger partial charge in [0, 0.05) is 34.1 Å². The van der Waals surface area contributed by atoms with E-state index in [0.29, 0.717) is 5.92 Å². The lowest BCUT2D eigenvalue weighted by atomic mass is 9.84. The van der Waals surface area contributed by atoms with Crippen molar-refractivity contribution < 1.29 is 0 Å². The highest BCUT2D eigenvalue weighted by molar-refractivity contribution is 5.82. The summed E-state index contributed by atoms with van der Waals surface area (Å²) < 4.78 is 0. The summed E-state index contributed by atoms with van der Waals surface area (Å²) in [5.74, 6) is 0.682. The predicted molar refractivity (Wildman–Crippen MR) is 238 cm³/mol. The first-order valence-corrected chi connectivity index (χ1v) is 20.0. The van der Waals surface area contributed by atoms with E-state index in [0.717, 1.165) is 28.4 Å². The minimum absolute atomic E-state index is 0.682. The lowest BCUT2D eigenvalue weighted by Crippen LogP contribution is -2.10. The van der Waals surface area contributed by atoms with Gasteiger partial charge in [0.25, 0.3) is 0 Å². The summed E-state index contributed by atoms with van der Waals surface area (Å²) in [5.41, 5.74) is 15.5. The third-order valence-corrected chi connectivity index (χ3v) is 11.3. The van der Waals surface area contributed by atoms with Crippen LogP contribution in [0.2, 0.25) is 0 Å². The maximum absolute atomic E-state index is 2.38. The molecule has 2 heteroatoms. The SMILES string of the molecule is c1ccc(-c2ccc(N(c3ccccc3)c3ccc(-c4ccc(N(c5ccc(-c6ccccc6)cc5)c5ccc(C6CCCCC6)cc5)cc4)cc3)cc2)cc1. The van der Waals surface area contributed by atoms with E-state index in [-0.39, 0.29) is 0 Å². The quantitative estimate of drug-likeness (QED) is 0.139. The van der Waals surface area contributed by atoms with Crippen LogP contribution in [0.4, 0.5) is 34.1 Å². The van der Waals surface area contributed by atoms with Crippen LogP contribution in [0.3, 0.4) is 0 Å². The van der Waals surface area contributed by atoms with Crippen molar-refractivity contribution in [2.75, 3.05) is 9.80 Å². The van der Waals surface area contributed by atoms with Crippen LogP contribution in [0.25, 0.3) is 33.4 Å². The molecule has 0 unspecified atom stereocenters. The topological polar surface area (TPSA) is 6.48 Å². The van der Waals surface area contributed by atoms with Crippen LogP contribution in [0.1, 0.15) is 43.6 Å². The highest BCUT2D eigenvalue weighted by atomic mass is 15.1. The molecule has 8 aromatic rings. The maximum Gasteiger partial charge on any atom is 0.0462 e. The molecule has 0 radical (unpaired) electrons. The number of rotatable bonds is 10. The summed E-state index contributed by atoms with van der Waals surface area (Å²) in [4.78, 5) is 4.70. The van der Waals surface area contributed by atoms with E-state index in [1.165, 1.54) is 76.7 Å². The van der Waals surface area contributed by atoms with Gasteiger partial charge in [-0.2, -0.15) is 0 Å². The molecule has 1 saturated carbocycles. The molecule has 0 aromatic heterocycles. The highest BCUT2D eigenvalue weighted by Gasteiger charge is 2.18. The molecule has 0 bridgehead atoms. The molecule has 2 nitrogen and oxygen atoms in total. The van der Waals surface area contributed by atoms with Crippen LogP contribution < -0.4 is 9.80 Å². The number of nitrogens with zero attached hydrogens (tertiary/aromatic N) is 2. The van der Waals surface area contributed by atoms with Gasteiger partial charge in [-0.05, 0) is 131 Å². The predicted octanol–water partition coefficient (Wildman–Crippen LogP) is 15.7. The van der Waals surface area contributed by atoms with Crippen molar-refractivity contribution in [2.45, 2.75) is 38.0 Å². The molecular weight excluding hydrogens is 677 g/mol. The van der Waals surface area contributed by atoms with E-state index in [1.54, 1.807) is 0 Å². The Morgan fingerprint density at radius 2 is 0.518 bits per heavy atom. The summed E-state index contributed by atoms with van der Waals surface area (Å²) in [6.07, 6.45) is 6.67. The zero-order chi connectivity index (χ0) is 37.5. The fourth-order valence-electron chi connectivity index (χ4n) is 8.28. The summed E-state index contributed by atoms with van der Waals surface area (Å²) in [6, 6.07) is 76.9. The van der Waals surface area contributed by atoms with Crippen molar-refractivity contribution in [3.63, 3.8) is 0 Å². The van der Waals surface area contributed by atoms with Crippen LogP contribution in [0, 0.1) is 0 Å². The van der Waals surface area contributed by atoms with E-state index in [9.17, 15) is 0 Å². The van der Waals surface area contributed by atoms with Gasteiger partial charge in [0.15, 0.2) is 0 Å². The van der Waals surface area contributed by atoms with E-state index >= 15 is 0 Å². The lowest BCUT2D eigenvalue weighted by Gasteiger charge is -2.27. The Morgan fingerprint density at radius 1 is 0.250 bits per heavy atom. The van der Waals surface area contributed by atoms with Crippen LogP contribution in [0.15, 0.2) is 212 Å². The van der Waals surface area contributed by atoms with E-state index < -0.39 is 0 Å². The van der Waals surface area contributed by atoms with Crippen molar-refractivity contribution >= 4 is 34.1 Å². The molecular formula is C54H46N2. The van der Waals surface area contributed by atoms with Gasteiger partial charge >= 0.3 is 0 Å². The van der Waals surface area contributed by atoms with Gasteiger partial charge in [-0.1, -0.05) is 159 Å². The fourth-order valence-corrected chi connectivity index (χ4v) is 8.28. The molecule has 0 aliphatic heterocycles. The second-order valence-electron chi connectivity index (χ2n) is 14.9. The molecule has 9 rings (SSSR count). The summed E-state index contributed by atoms with van der Waals surface area (Å²) in [7, 11) is 0. The zero-order valence-electron chi connectivity index (χ0n) is 31.7. The first-order valence-electron chi connectivity index (χ1n) is 20.0. The number of hydrogen-bond donors (Lipinski definition) is 0. The number of hydrogen-bond acceptors (Lipinski definition) is 2. The Labute approximate surface area is 332 Å². The first-order chi connectivity index (χ1) is 27.8. The average molecular weight is 723 g/mol. The van der Waals surface area contributed by atoms with Crippen molar-refractivity contribution in [2.24, 2.45) is 0 Å². The maximum atomic E-state index is 2.38. The number of para-hydroxylation sites is 1. The molecule has 0 N–H and O–H groups in total. The molecule has 1 fully saturated rings. The van der Waals surface area contributed by atoms with Gasteiger partial charge in [0.05, 0.1) is 0 Å². The van der Waals surface area contributed by atoms with Crippen LogP contribution in [-0.4, -0.2) is 0 Å². The van der Waals surface area contributed by atoms with Crippen molar-refractivity contribution in [3.05, 3.63) is 218 Å². The highest BCUT2D eigenvalue weighted by Crippen LogP contribution is 2.40. The van der Waals surface area contributed by atoms with Crippen molar-refractivity contribution in [1.29, 1.82) is 0 Å². The van der Waals surface area contributed by atoms with Gasteiger partial charge in [-0.25, -0.2) is 0 Å². The molecule has 1 aliphatic carbocycles. The van der Waals surface area contributed by atoms with Gasteiger partial charge < -0.3 is 9.80 Å². The fraction of sp³-hybridized carbons (Fsp3) is 0.111. The Bertz CT molecular complexity index is 2430. The number of anilines is 6. The molecule has 0 atom stereocenters. The monoisotopic (exact) mass is 722 g/mol. The minimum Gasteiger partial charge on any atom is -0.311 e. The lowest BCUT2D eigenvalue weighted by molar-refractivity contribution is 0.443. The molecule has 0 saturated heterocycles. The molecule has 56 heavy (non-hydrogen) atoms. The molecule has 0 heterocycles. The van der Waals surface area contributed by atoms with Crippen LogP contribution >= 0.6 is 0 Å². The Kier molecular flexibility index (Phi) is 10.3. The van der Waals surface area contributed by atoms with Crippen molar-refractivity contribution in [3.8, 4) is 33.4 Å². The van der Waals surface area contributed by atoms with Gasteiger partial charge in [-0.15, -0.1) is 0 Å². The molecule has 0 amide bonds. The summed E-state index contributed by atoms with van der Waals surface area (Å²) in [5, 5.41) is 0. The Hall–Kier alpha value is -6.64. The number of benzene rings is 8. The molecule has 8 aromatic carbocycles. The third kappa shape index (κ3) is 7.65. The summed E-state index contributed by atoms with van der Waals surface area (Å²) in [6.45, 7) is 0. The van der Waals surface area contributed by atoms with Gasteiger partial charge in [-0.3, -0.25) is 0 Å². The van der Waals surface area contributed by atoms with Crippen LogP contribution in [-0.2, 0) is 0 Å². The largest absolute Gasteiger partial charge is 0.311 e. The average Bonchev–Trinajstić information content (AvgIpc) is 3.29. The smallest absolute Gasteiger partial charge is 0.0462 e. The Morgan fingerprint density at radius 3 is 0.857 bits per heavy atom. The molecule has 0 spiro atoms. The molecule has 272 valence electrons. The normalized spacial score (nSPS) is 12.9. The van der Waals surface area contributed by atoms with E-state index in [4.69, 9.17) is 0 Å². The molecule has 1 aliphatic rings. The zero-order valence-corrected chi connectivity index (χ0v) is 31.7. The van der Waals surface area contributed by atoms with Crippen LogP contribution in [0.5, 0.6) is 0 Å². The standard InChI is InChI=1S/C54H46N2/c1-5-13-41(14-6-1)44-21-31-50(32-22-44)55(49-19-11-4-12-20-49)51-37-27-47(28-38-51)48-29-39-54(40-30-48)56(52-33-23-45(24-34-52)42-15-7-2-8-16-42)53-35-25-46(26-36-53)43-17-9-3-10-18-43/h1-2,4-8,11-16,19-40,43H,3,9-10,17-18H2. The Balaban J connectivity index is 1.00. The van der Waals surface area contributed by atoms with Gasteiger partial charge in [0.1, 0.15) is 0 Å². The van der Waals surface area contributed by atoms with E-state index in [2.05, 4.69) is 222 Å².